The van der Waals surface area contributed by atoms with E-state index in [1.165, 1.54) is 64.9 Å². The van der Waals surface area contributed by atoms with Gasteiger partial charge in [0.15, 0.2) is 0 Å². The van der Waals surface area contributed by atoms with Crippen LogP contribution in [0.1, 0.15) is 30.7 Å². The van der Waals surface area contributed by atoms with Crippen molar-refractivity contribution in [1.82, 2.24) is 9.97 Å². The Kier molecular flexibility index (Phi) is 5.40. The summed E-state index contributed by atoms with van der Waals surface area (Å²) in [6.07, 6.45) is 5.05. The molecule has 1 aliphatic carbocycles. The number of thiophene rings is 1. The molecule has 0 saturated heterocycles. The molecule has 3 heterocycles. The smallest absolute Gasteiger partial charge is 0.0840 e. The van der Waals surface area contributed by atoms with E-state index in [0.29, 0.717) is 5.92 Å². The molecule has 0 atom stereocenters. The molecule has 0 fully saturated rings. The molecule has 0 amide bonds. The average Bonchev–Trinajstić information content (AvgIpc) is 3.32. The minimum atomic E-state index is 0.596. The van der Waals surface area contributed by atoms with Gasteiger partial charge in [0.2, 0.25) is 0 Å². The predicted octanol–water partition coefficient (Wildman–Crippen LogP) is 9.14. The summed E-state index contributed by atoms with van der Waals surface area (Å²) in [6, 6.07) is 30.7. The van der Waals surface area contributed by atoms with Crippen LogP contribution in [0.25, 0.3) is 53.8 Å². The zero-order valence-electron chi connectivity index (χ0n) is 21.2. The van der Waals surface area contributed by atoms with Gasteiger partial charge in [-0.2, -0.15) is 0 Å². The highest BCUT2D eigenvalue weighted by molar-refractivity contribution is 7.22. The van der Waals surface area contributed by atoms with E-state index in [-0.39, 0.29) is 0 Å². The van der Waals surface area contributed by atoms with Crippen molar-refractivity contribution < 1.29 is 0 Å². The van der Waals surface area contributed by atoms with Gasteiger partial charge < -0.3 is 0 Å². The quantitative estimate of drug-likeness (QED) is 0.243. The number of fused-ring (bicyclic) bond motifs is 6. The molecule has 3 aromatic heterocycles. The molecule has 0 saturated carbocycles. The van der Waals surface area contributed by atoms with Crippen molar-refractivity contribution in [1.29, 1.82) is 0 Å². The van der Waals surface area contributed by atoms with Crippen LogP contribution < -0.4 is 0 Å². The fraction of sp³-hybridized carbons (Fsp3) is 0.176. The molecular weight excluding hydrogens is 468 g/mol. The Bertz CT molecular complexity index is 1780. The van der Waals surface area contributed by atoms with E-state index in [9.17, 15) is 0 Å². The Morgan fingerprint density at radius 2 is 1.65 bits per heavy atom. The van der Waals surface area contributed by atoms with Gasteiger partial charge in [-0.1, -0.05) is 74.5 Å². The van der Waals surface area contributed by atoms with E-state index in [0.717, 1.165) is 25.0 Å². The summed E-state index contributed by atoms with van der Waals surface area (Å²) in [5.74, 6) is 0.596. The van der Waals surface area contributed by atoms with Gasteiger partial charge in [0.05, 0.1) is 16.3 Å². The van der Waals surface area contributed by atoms with Gasteiger partial charge in [-0.3, -0.25) is 9.97 Å². The first-order valence-corrected chi connectivity index (χ1v) is 14.0. The van der Waals surface area contributed by atoms with E-state index < -0.39 is 0 Å². The van der Waals surface area contributed by atoms with Crippen molar-refractivity contribution in [3.05, 3.63) is 108 Å². The molecule has 0 radical (unpaired) electrons. The van der Waals surface area contributed by atoms with Crippen molar-refractivity contribution >= 4 is 32.2 Å². The molecule has 0 unspecified atom stereocenters. The van der Waals surface area contributed by atoms with Gasteiger partial charge in [-0.25, -0.2) is 0 Å². The van der Waals surface area contributed by atoms with E-state index in [4.69, 9.17) is 9.97 Å². The third kappa shape index (κ3) is 3.86. The van der Waals surface area contributed by atoms with Crippen LogP contribution in [0.3, 0.4) is 0 Å². The maximum Gasteiger partial charge on any atom is 0.0840 e. The first-order valence-electron chi connectivity index (χ1n) is 13.1. The number of pyridine rings is 2. The molecule has 3 aromatic carbocycles. The number of nitrogens with zero attached hydrogens (tertiary/aromatic N) is 2. The summed E-state index contributed by atoms with van der Waals surface area (Å²) >= 11 is 1.88. The summed E-state index contributed by atoms with van der Waals surface area (Å²) in [5.41, 5.74) is 9.92. The van der Waals surface area contributed by atoms with Gasteiger partial charge in [0.25, 0.3) is 0 Å². The number of benzene rings is 3. The molecular formula is C34H28N2S. The van der Waals surface area contributed by atoms with Crippen molar-refractivity contribution in [2.75, 3.05) is 0 Å². The largest absolute Gasteiger partial charge is 0.256 e. The van der Waals surface area contributed by atoms with Crippen LogP contribution in [0.4, 0.5) is 0 Å². The second-order valence-corrected chi connectivity index (χ2v) is 11.5. The second kappa shape index (κ2) is 8.93. The number of rotatable bonds is 4. The first-order chi connectivity index (χ1) is 18.2. The van der Waals surface area contributed by atoms with Crippen LogP contribution in [0.15, 0.2) is 91.1 Å². The Balaban J connectivity index is 1.45. The molecule has 1 aliphatic rings. The van der Waals surface area contributed by atoms with Crippen LogP contribution in [0.5, 0.6) is 0 Å². The van der Waals surface area contributed by atoms with Gasteiger partial charge in [0.1, 0.15) is 0 Å². The molecule has 0 N–H and O–H groups in total. The predicted molar refractivity (Wildman–Crippen MR) is 157 cm³/mol. The highest BCUT2D eigenvalue weighted by Crippen LogP contribution is 2.46. The lowest BCUT2D eigenvalue weighted by Crippen LogP contribution is -2.07. The van der Waals surface area contributed by atoms with Crippen molar-refractivity contribution in [3.8, 4) is 33.0 Å². The van der Waals surface area contributed by atoms with Gasteiger partial charge in [-0.05, 0) is 82.5 Å². The van der Waals surface area contributed by atoms with Gasteiger partial charge in [-0.15, -0.1) is 11.3 Å². The monoisotopic (exact) mass is 496 g/mol. The van der Waals surface area contributed by atoms with Crippen LogP contribution >= 0.6 is 11.3 Å². The van der Waals surface area contributed by atoms with Crippen LogP contribution in [-0.2, 0) is 19.3 Å². The highest BCUT2D eigenvalue weighted by atomic mass is 32.1. The summed E-state index contributed by atoms with van der Waals surface area (Å²) in [6.45, 7) is 4.52. The second-order valence-electron chi connectivity index (χ2n) is 10.5. The molecule has 0 spiro atoms. The number of hydrogen-bond acceptors (Lipinski definition) is 3. The summed E-state index contributed by atoms with van der Waals surface area (Å²) in [4.78, 5) is 11.5. The lowest BCUT2D eigenvalue weighted by Gasteiger charge is -2.18. The minimum Gasteiger partial charge on any atom is -0.256 e. The SMILES string of the molecule is CC(C)Cc1ccc2c(n1)-c1sc3ccnc(-c4cc(-c5ccccc5)c5ccccc5c4)c3c1CC2. The van der Waals surface area contributed by atoms with Crippen LogP contribution in [-0.4, -0.2) is 9.97 Å². The molecule has 2 nitrogen and oxygen atoms in total. The Labute approximate surface area is 221 Å². The minimum absolute atomic E-state index is 0.596. The zero-order chi connectivity index (χ0) is 24.9. The van der Waals surface area contributed by atoms with E-state index in [1.54, 1.807) is 0 Å². The van der Waals surface area contributed by atoms with E-state index >= 15 is 0 Å². The van der Waals surface area contributed by atoms with Crippen LogP contribution in [0, 0.1) is 5.92 Å². The van der Waals surface area contributed by atoms with E-state index in [2.05, 4.69) is 98.8 Å². The molecule has 3 heteroatoms. The topological polar surface area (TPSA) is 25.8 Å². The number of aromatic nitrogens is 2. The summed E-state index contributed by atoms with van der Waals surface area (Å²) in [5, 5.41) is 3.82. The molecule has 7 rings (SSSR count). The van der Waals surface area contributed by atoms with E-state index in [1.807, 2.05) is 17.5 Å². The fourth-order valence-electron chi connectivity index (χ4n) is 5.78. The fourth-order valence-corrected chi connectivity index (χ4v) is 7.05. The Morgan fingerprint density at radius 3 is 2.51 bits per heavy atom. The summed E-state index contributed by atoms with van der Waals surface area (Å²) in [7, 11) is 0. The third-order valence-corrected chi connectivity index (χ3v) is 8.64. The standard InChI is InChI=1S/C34H28N2S/c1-21(2)18-26-14-12-23-13-15-28-31-30(37-34(28)33(23)36-26)16-17-35-32(31)25-19-24-10-6-7-11-27(24)29(20-25)22-8-4-3-5-9-22/h3-12,14,16-17,19-21H,13,15,18H2,1-2H3. The molecule has 0 aliphatic heterocycles. The lowest BCUT2D eigenvalue weighted by atomic mass is 9.90. The number of aryl methyl sites for hydroxylation is 2. The van der Waals surface area contributed by atoms with Crippen LogP contribution in [0.2, 0.25) is 0 Å². The zero-order valence-corrected chi connectivity index (χ0v) is 22.0. The van der Waals surface area contributed by atoms with Gasteiger partial charge >= 0.3 is 0 Å². The van der Waals surface area contributed by atoms with Crippen molar-refractivity contribution in [2.45, 2.75) is 33.1 Å². The average molecular weight is 497 g/mol. The number of hydrogen-bond donors (Lipinski definition) is 0. The summed E-state index contributed by atoms with van der Waals surface area (Å²) < 4.78 is 1.30. The van der Waals surface area contributed by atoms with Gasteiger partial charge in [0, 0.05) is 27.5 Å². The molecule has 0 bridgehead atoms. The van der Waals surface area contributed by atoms with Crippen molar-refractivity contribution in [3.63, 3.8) is 0 Å². The Hall–Kier alpha value is -3.82. The molecule has 37 heavy (non-hydrogen) atoms. The molecule has 180 valence electrons. The highest BCUT2D eigenvalue weighted by Gasteiger charge is 2.25. The van der Waals surface area contributed by atoms with Crippen molar-refractivity contribution in [2.24, 2.45) is 5.92 Å². The first kappa shape index (κ1) is 22.4. The maximum absolute atomic E-state index is 5.18. The maximum atomic E-state index is 5.18. The lowest BCUT2D eigenvalue weighted by molar-refractivity contribution is 0.635. The third-order valence-electron chi connectivity index (χ3n) is 7.43. The molecule has 6 aromatic rings. The Morgan fingerprint density at radius 1 is 0.811 bits per heavy atom. The normalized spacial score (nSPS) is 12.7.